The van der Waals surface area contributed by atoms with E-state index in [1.54, 1.807) is 18.5 Å². The van der Waals surface area contributed by atoms with Gasteiger partial charge in [0.15, 0.2) is 0 Å². The molecule has 16 heavy (non-hydrogen) atoms. The monoisotopic (exact) mass is 217 g/mol. The summed E-state index contributed by atoms with van der Waals surface area (Å²) in [4.78, 5) is 17.7. The molecule has 0 bridgehead atoms. The Balaban J connectivity index is 2.14. The van der Waals surface area contributed by atoms with Gasteiger partial charge in [-0.15, -0.1) is 0 Å². The Morgan fingerprint density at radius 3 is 2.31 bits per heavy atom. The summed E-state index contributed by atoms with van der Waals surface area (Å²) in [5, 5.41) is 10.4. The fourth-order valence-corrected chi connectivity index (χ4v) is 1.08. The molecule has 0 fully saturated rings. The van der Waals surface area contributed by atoms with Gasteiger partial charge in [-0.1, -0.05) is 0 Å². The first-order chi connectivity index (χ1) is 7.75. The van der Waals surface area contributed by atoms with Crippen LogP contribution in [0, 0.1) is 10.1 Å². The molecule has 0 spiro atoms. The zero-order valence-electron chi connectivity index (χ0n) is 8.11. The maximum Gasteiger partial charge on any atom is 0.321 e. The lowest BCUT2D eigenvalue weighted by Gasteiger charge is -2.01. The van der Waals surface area contributed by atoms with E-state index < -0.39 is 4.92 Å². The molecule has 2 rings (SSSR count). The molecule has 0 unspecified atom stereocenters. The van der Waals surface area contributed by atoms with Gasteiger partial charge < -0.3 is 4.74 Å². The molecule has 1 aromatic heterocycles. The lowest BCUT2D eigenvalue weighted by molar-refractivity contribution is -0.384. The Hall–Kier alpha value is -2.50. The number of hydrogen-bond acceptors (Lipinski definition) is 5. The highest BCUT2D eigenvalue weighted by Gasteiger charge is 2.05. The summed E-state index contributed by atoms with van der Waals surface area (Å²) in [5.74, 6) is 0.455. The molecule has 0 saturated carbocycles. The fraction of sp³-hybridized carbons (Fsp3) is 0. The van der Waals surface area contributed by atoms with Crippen molar-refractivity contribution in [2.45, 2.75) is 0 Å². The topological polar surface area (TPSA) is 78.2 Å². The molecular formula is C10H7N3O3. The quantitative estimate of drug-likeness (QED) is 0.581. The van der Waals surface area contributed by atoms with Gasteiger partial charge in [-0.3, -0.25) is 10.1 Å². The molecule has 0 aliphatic carbocycles. The molecule has 2 aromatic rings. The van der Waals surface area contributed by atoms with Crippen LogP contribution in [0.25, 0.3) is 0 Å². The van der Waals surface area contributed by atoms with Gasteiger partial charge in [-0.25, -0.2) is 9.97 Å². The number of ether oxygens (including phenoxy) is 1. The number of rotatable bonds is 3. The van der Waals surface area contributed by atoms with Gasteiger partial charge >= 0.3 is 6.01 Å². The van der Waals surface area contributed by atoms with Crippen LogP contribution >= 0.6 is 0 Å². The van der Waals surface area contributed by atoms with Crippen LogP contribution in [0.4, 0.5) is 5.69 Å². The van der Waals surface area contributed by atoms with Gasteiger partial charge in [0.05, 0.1) is 4.92 Å². The number of hydrogen-bond donors (Lipinski definition) is 0. The first kappa shape index (κ1) is 10.0. The molecule has 1 heterocycles. The number of benzene rings is 1. The maximum atomic E-state index is 10.4. The lowest BCUT2D eigenvalue weighted by Crippen LogP contribution is -1.91. The molecule has 6 heteroatoms. The van der Waals surface area contributed by atoms with Gasteiger partial charge in [-0.05, 0) is 18.2 Å². The van der Waals surface area contributed by atoms with E-state index in [9.17, 15) is 10.1 Å². The van der Waals surface area contributed by atoms with Crippen molar-refractivity contribution in [3.8, 4) is 11.8 Å². The third kappa shape index (κ3) is 2.30. The van der Waals surface area contributed by atoms with E-state index in [1.807, 2.05) is 0 Å². The van der Waals surface area contributed by atoms with Crippen LogP contribution in [-0.2, 0) is 0 Å². The van der Waals surface area contributed by atoms with Crippen LogP contribution in [0.5, 0.6) is 11.8 Å². The SMILES string of the molecule is O=[N+]([O-])c1ccc(Oc2ncccn2)cc1. The third-order valence-electron chi connectivity index (χ3n) is 1.80. The van der Waals surface area contributed by atoms with Crippen LogP contribution < -0.4 is 4.74 Å². The fourth-order valence-electron chi connectivity index (χ4n) is 1.08. The van der Waals surface area contributed by atoms with E-state index in [-0.39, 0.29) is 11.7 Å². The average molecular weight is 217 g/mol. The summed E-state index contributed by atoms with van der Waals surface area (Å²) < 4.78 is 5.27. The van der Waals surface area contributed by atoms with E-state index in [2.05, 4.69) is 9.97 Å². The molecule has 0 N–H and O–H groups in total. The zero-order valence-corrected chi connectivity index (χ0v) is 8.11. The predicted molar refractivity (Wildman–Crippen MR) is 55.2 cm³/mol. The van der Waals surface area contributed by atoms with Gasteiger partial charge in [0.2, 0.25) is 0 Å². The summed E-state index contributed by atoms with van der Waals surface area (Å²) in [7, 11) is 0. The van der Waals surface area contributed by atoms with Crippen molar-refractivity contribution >= 4 is 5.69 Å². The summed E-state index contributed by atoms with van der Waals surface area (Å²) in [6.07, 6.45) is 3.10. The summed E-state index contributed by atoms with van der Waals surface area (Å²) in [6.45, 7) is 0. The first-order valence-corrected chi connectivity index (χ1v) is 4.45. The van der Waals surface area contributed by atoms with Crippen molar-refractivity contribution in [3.63, 3.8) is 0 Å². The molecule has 0 atom stereocenters. The van der Waals surface area contributed by atoms with E-state index >= 15 is 0 Å². The molecule has 0 aliphatic heterocycles. The van der Waals surface area contributed by atoms with Crippen molar-refractivity contribution in [1.29, 1.82) is 0 Å². The highest BCUT2D eigenvalue weighted by molar-refractivity contribution is 5.36. The second-order valence-corrected chi connectivity index (χ2v) is 2.88. The molecule has 0 amide bonds. The van der Waals surface area contributed by atoms with Gasteiger partial charge in [0.25, 0.3) is 5.69 Å². The average Bonchev–Trinajstić information content (AvgIpc) is 2.31. The number of nitro benzene ring substituents is 1. The van der Waals surface area contributed by atoms with Crippen LogP contribution in [0.1, 0.15) is 0 Å². The zero-order chi connectivity index (χ0) is 11.4. The van der Waals surface area contributed by atoms with Crippen LogP contribution in [0.15, 0.2) is 42.7 Å². The second kappa shape index (κ2) is 4.35. The van der Waals surface area contributed by atoms with Crippen LogP contribution in [-0.4, -0.2) is 14.9 Å². The molecule has 0 radical (unpaired) electrons. The Morgan fingerprint density at radius 2 is 1.75 bits per heavy atom. The first-order valence-electron chi connectivity index (χ1n) is 4.45. The van der Waals surface area contributed by atoms with Gasteiger partial charge in [-0.2, -0.15) is 0 Å². The number of nitro groups is 1. The highest BCUT2D eigenvalue weighted by Crippen LogP contribution is 2.20. The van der Waals surface area contributed by atoms with E-state index in [4.69, 9.17) is 4.74 Å². The Morgan fingerprint density at radius 1 is 1.12 bits per heavy atom. The number of nitrogens with zero attached hydrogens (tertiary/aromatic N) is 3. The molecular weight excluding hydrogens is 210 g/mol. The molecule has 0 saturated heterocycles. The minimum Gasteiger partial charge on any atom is -0.424 e. The van der Waals surface area contributed by atoms with Crippen LogP contribution in [0.3, 0.4) is 0 Å². The summed E-state index contributed by atoms with van der Waals surface area (Å²) in [6, 6.07) is 7.58. The molecule has 6 nitrogen and oxygen atoms in total. The van der Waals surface area contributed by atoms with Crippen molar-refractivity contribution in [3.05, 3.63) is 52.8 Å². The summed E-state index contributed by atoms with van der Waals surface area (Å²) in [5.41, 5.74) is 0.0151. The van der Waals surface area contributed by atoms with E-state index in [0.29, 0.717) is 5.75 Å². The van der Waals surface area contributed by atoms with Crippen molar-refractivity contribution in [2.24, 2.45) is 0 Å². The van der Waals surface area contributed by atoms with Crippen molar-refractivity contribution in [1.82, 2.24) is 9.97 Å². The molecule has 80 valence electrons. The standard InChI is InChI=1S/C10H7N3O3/c14-13(15)8-2-4-9(5-3-8)16-10-11-6-1-7-12-10/h1-7H. The molecule has 0 aliphatic rings. The number of aromatic nitrogens is 2. The Bertz CT molecular complexity index is 484. The minimum absolute atomic E-state index is 0.0151. The van der Waals surface area contributed by atoms with Gasteiger partial charge in [0, 0.05) is 24.5 Å². The lowest BCUT2D eigenvalue weighted by atomic mass is 10.3. The van der Waals surface area contributed by atoms with Crippen LogP contribution in [0.2, 0.25) is 0 Å². The van der Waals surface area contributed by atoms with Gasteiger partial charge in [0.1, 0.15) is 5.75 Å². The highest BCUT2D eigenvalue weighted by atomic mass is 16.6. The summed E-state index contributed by atoms with van der Waals surface area (Å²) >= 11 is 0. The van der Waals surface area contributed by atoms with Crippen molar-refractivity contribution < 1.29 is 9.66 Å². The van der Waals surface area contributed by atoms with E-state index in [1.165, 1.54) is 24.3 Å². The minimum atomic E-state index is -0.469. The Kier molecular flexibility index (Phi) is 2.73. The van der Waals surface area contributed by atoms with E-state index in [0.717, 1.165) is 0 Å². The normalized spacial score (nSPS) is 9.75. The Labute approximate surface area is 90.7 Å². The smallest absolute Gasteiger partial charge is 0.321 e. The second-order valence-electron chi connectivity index (χ2n) is 2.88. The third-order valence-corrected chi connectivity index (χ3v) is 1.80. The number of non-ortho nitro benzene ring substituents is 1. The predicted octanol–water partition coefficient (Wildman–Crippen LogP) is 2.18. The maximum absolute atomic E-state index is 10.4. The molecule has 1 aromatic carbocycles. The largest absolute Gasteiger partial charge is 0.424 e. The van der Waals surface area contributed by atoms with Crippen molar-refractivity contribution in [2.75, 3.05) is 0 Å².